The summed E-state index contributed by atoms with van der Waals surface area (Å²) >= 11 is 0. The molecule has 0 atom stereocenters. The van der Waals surface area contributed by atoms with Crippen LogP contribution < -0.4 is 22.3 Å². The second-order valence-corrected chi connectivity index (χ2v) is 3.59. The van der Waals surface area contributed by atoms with Gasteiger partial charge in [-0.15, -0.1) is 0 Å². The van der Waals surface area contributed by atoms with Crippen LogP contribution in [0.5, 0.6) is 0 Å². The number of rotatable bonds is 3. The molecule has 0 unspecified atom stereocenters. The van der Waals surface area contributed by atoms with Crippen molar-refractivity contribution in [2.75, 3.05) is 16.5 Å². The van der Waals surface area contributed by atoms with Gasteiger partial charge in [0.1, 0.15) is 0 Å². The Bertz CT molecular complexity index is 364. The first-order chi connectivity index (χ1) is 8.04. The number of hydrogen-bond acceptors (Lipinski definition) is 4. The van der Waals surface area contributed by atoms with Gasteiger partial charge in [-0.1, -0.05) is 27.7 Å². The van der Waals surface area contributed by atoms with Crippen molar-refractivity contribution in [1.82, 2.24) is 0 Å². The van der Waals surface area contributed by atoms with Crippen LogP contribution in [0.25, 0.3) is 0 Å². The first-order valence-electron chi connectivity index (χ1n) is 5.71. The number of benzene rings is 1. The first kappa shape index (κ1) is 15.2. The summed E-state index contributed by atoms with van der Waals surface area (Å²) in [4.78, 5) is 11.4. The molecule has 17 heavy (non-hydrogen) atoms. The number of hydrazine groups is 1. The molecule has 96 valence electrons. The van der Waals surface area contributed by atoms with E-state index in [1.807, 2.05) is 27.7 Å². The van der Waals surface area contributed by atoms with E-state index in [9.17, 15) is 4.79 Å². The van der Waals surface area contributed by atoms with Crippen molar-refractivity contribution in [3.63, 3.8) is 0 Å². The maximum Gasteiger partial charge on any atom is 0.226 e. The van der Waals surface area contributed by atoms with Crippen LogP contribution >= 0.6 is 0 Å². The van der Waals surface area contributed by atoms with E-state index >= 15 is 0 Å². The molecule has 1 rings (SSSR count). The van der Waals surface area contributed by atoms with Crippen molar-refractivity contribution in [2.45, 2.75) is 27.7 Å². The lowest BCUT2D eigenvalue weighted by atomic mass is 10.2. The summed E-state index contributed by atoms with van der Waals surface area (Å²) in [6, 6.07) is 5.12. The van der Waals surface area contributed by atoms with Gasteiger partial charge in [-0.25, -0.2) is 0 Å². The average molecular weight is 238 g/mol. The minimum atomic E-state index is -0.0569. The van der Waals surface area contributed by atoms with Crippen molar-refractivity contribution in [1.29, 1.82) is 0 Å². The maximum absolute atomic E-state index is 11.4. The molecule has 1 amide bonds. The number of anilines is 3. The van der Waals surface area contributed by atoms with E-state index in [0.717, 1.165) is 0 Å². The summed E-state index contributed by atoms with van der Waals surface area (Å²) in [7, 11) is 0. The molecule has 0 bridgehead atoms. The second kappa shape index (κ2) is 7.51. The lowest BCUT2D eigenvalue weighted by molar-refractivity contribution is -0.118. The summed E-state index contributed by atoms with van der Waals surface area (Å²) < 4.78 is 0. The molecule has 0 saturated heterocycles. The molecule has 1 aromatic carbocycles. The van der Waals surface area contributed by atoms with Gasteiger partial charge >= 0.3 is 0 Å². The van der Waals surface area contributed by atoms with E-state index in [2.05, 4.69) is 10.7 Å². The number of nitrogen functional groups attached to an aromatic ring is 2. The topological polar surface area (TPSA) is 93.2 Å². The SMILES string of the molecule is CC.CC(C)C(=O)Nc1ccc(NN)c(N)c1. The molecule has 0 aliphatic rings. The quantitative estimate of drug-likeness (QED) is 0.369. The molecule has 0 aromatic heterocycles. The summed E-state index contributed by atoms with van der Waals surface area (Å²) in [6.07, 6.45) is 0. The molecule has 0 aliphatic heterocycles. The van der Waals surface area contributed by atoms with Gasteiger partial charge in [-0.3, -0.25) is 10.6 Å². The number of amides is 1. The van der Waals surface area contributed by atoms with Gasteiger partial charge in [0.25, 0.3) is 0 Å². The van der Waals surface area contributed by atoms with E-state index < -0.39 is 0 Å². The zero-order valence-corrected chi connectivity index (χ0v) is 10.9. The van der Waals surface area contributed by atoms with E-state index in [-0.39, 0.29) is 11.8 Å². The van der Waals surface area contributed by atoms with Gasteiger partial charge in [0.15, 0.2) is 0 Å². The van der Waals surface area contributed by atoms with Crippen LogP contribution in [-0.4, -0.2) is 5.91 Å². The summed E-state index contributed by atoms with van der Waals surface area (Å²) in [6.45, 7) is 7.66. The maximum atomic E-state index is 11.4. The third-order valence-electron chi connectivity index (χ3n) is 2.00. The highest BCUT2D eigenvalue weighted by Crippen LogP contribution is 2.21. The fraction of sp³-hybridized carbons (Fsp3) is 0.417. The van der Waals surface area contributed by atoms with Gasteiger partial charge in [-0.05, 0) is 18.2 Å². The highest BCUT2D eigenvalue weighted by atomic mass is 16.1. The minimum Gasteiger partial charge on any atom is -0.397 e. The predicted octanol–water partition coefficient (Wildman–Crippen LogP) is 2.18. The molecule has 0 fully saturated rings. The van der Waals surface area contributed by atoms with Crippen molar-refractivity contribution < 1.29 is 4.79 Å². The fourth-order valence-corrected chi connectivity index (χ4v) is 1.06. The molecule has 0 saturated carbocycles. The number of carbonyl (C=O) groups is 1. The fourth-order valence-electron chi connectivity index (χ4n) is 1.06. The Labute approximate surface area is 103 Å². The highest BCUT2D eigenvalue weighted by Gasteiger charge is 2.07. The Kier molecular flexibility index (Phi) is 6.74. The van der Waals surface area contributed by atoms with E-state index in [1.165, 1.54) is 0 Å². The van der Waals surface area contributed by atoms with Crippen LogP contribution in [0, 0.1) is 5.92 Å². The van der Waals surface area contributed by atoms with Crippen LogP contribution in [0.1, 0.15) is 27.7 Å². The molecule has 5 nitrogen and oxygen atoms in total. The molecular formula is C12H22N4O. The van der Waals surface area contributed by atoms with Crippen molar-refractivity contribution in [3.8, 4) is 0 Å². The molecule has 0 spiro atoms. The van der Waals surface area contributed by atoms with Crippen molar-refractivity contribution in [3.05, 3.63) is 18.2 Å². The molecular weight excluding hydrogens is 216 g/mol. The number of nitrogens with one attached hydrogen (secondary N) is 2. The number of nitrogens with two attached hydrogens (primary N) is 2. The Balaban J connectivity index is 0.00000121. The van der Waals surface area contributed by atoms with E-state index in [0.29, 0.717) is 17.1 Å². The van der Waals surface area contributed by atoms with Crippen molar-refractivity contribution >= 4 is 23.0 Å². The van der Waals surface area contributed by atoms with Crippen LogP contribution in [0.3, 0.4) is 0 Å². The molecule has 0 heterocycles. The van der Waals surface area contributed by atoms with Gasteiger partial charge in [0.05, 0.1) is 11.4 Å². The Morgan fingerprint density at radius 2 is 1.88 bits per heavy atom. The monoisotopic (exact) mass is 238 g/mol. The standard InChI is InChI=1S/C10H16N4O.C2H6/c1-6(2)10(15)13-7-3-4-9(14-12)8(11)5-7;1-2/h3-6,14H,11-12H2,1-2H3,(H,13,15);1-2H3. The van der Waals surface area contributed by atoms with E-state index in [1.54, 1.807) is 18.2 Å². The predicted molar refractivity (Wildman–Crippen MR) is 73.5 cm³/mol. The van der Waals surface area contributed by atoms with Crippen molar-refractivity contribution in [2.24, 2.45) is 11.8 Å². The Morgan fingerprint density at radius 1 is 1.29 bits per heavy atom. The third kappa shape index (κ3) is 4.74. The van der Waals surface area contributed by atoms with Gasteiger partial charge in [0.2, 0.25) is 5.91 Å². The molecule has 1 aromatic rings. The lowest BCUT2D eigenvalue weighted by Gasteiger charge is -2.10. The average Bonchev–Trinajstić information content (AvgIpc) is 2.31. The largest absolute Gasteiger partial charge is 0.397 e. The summed E-state index contributed by atoms with van der Waals surface area (Å²) in [5.41, 5.74) is 9.96. The number of hydrogen-bond donors (Lipinski definition) is 4. The summed E-state index contributed by atoms with van der Waals surface area (Å²) in [5, 5.41) is 2.75. The highest BCUT2D eigenvalue weighted by molar-refractivity contribution is 5.93. The lowest BCUT2D eigenvalue weighted by Crippen LogP contribution is -2.18. The van der Waals surface area contributed by atoms with Crippen LogP contribution in [-0.2, 0) is 4.79 Å². The second-order valence-electron chi connectivity index (χ2n) is 3.59. The molecule has 0 aliphatic carbocycles. The molecule has 0 radical (unpaired) electrons. The van der Waals surface area contributed by atoms with E-state index in [4.69, 9.17) is 11.6 Å². The summed E-state index contributed by atoms with van der Waals surface area (Å²) in [5.74, 6) is 5.14. The third-order valence-corrected chi connectivity index (χ3v) is 2.00. The molecule has 6 N–H and O–H groups in total. The van der Waals surface area contributed by atoms with Crippen LogP contribution in [0.15, 0.2) is 18.2 Å². The zero-order valence-electron chi connectivity index (χ0n) is 10.9. The Hall–Kier alpha value is -1.75. The van der Waals surface area contributed by atoms with Gasteiger partial charge in [-0.2, -0.15) is 0 Å². The normalized spacial score (nSPS) is 9.29. The van der Waals surface area contributed by atoms with Gasteiger partial charge < -0.3 is 16.5 Å². The Morgan fingerprint density at radius 3 is 2.29 bits per heavy atom. The van der Waals surface area contributed by atoms with Crippen LogP contribution in [0.4, 0.5) is 17.1 Å². The smallest absolute Gasteiger partial charge is 0.226 e. The van der Waals surface area contributed by atoms with Crippen LogP contribution in [0.2, 0.25) is 0 Å². The minimum absolute atomic E-state index is 0.0390. The zero-order chi connectivity index (χ0) is 13.4. The number of carbonyl (C=O) groups excluding carboxylic acids is 1. The molecule has 5 heteroatoms. The first-order valence-corrected chi connectivity index (χ1v) is 5.71. The van der Waals surface area contributed by atoms with Gasteiger partial charge in [0, 0.05) is 11.6 Å².